The highest BCUT2D eigenvalue weighted by Gasteiger charge is 2.57. The zero-order chi connectivity index (χ0) is 21.2. The summed E-state index contributed by atoms with van der Waals surface area (Å²) in [6.45, 7) is -0.284. The molecule has 3 aliphatic rings. The van der Waals surface area contributed by atoms with E-state index in [2.05, 4.69) is 0 Å². The van der Waals surface area contributed by atoms with Crippen LogP contribution in [0.4, 0.5) is 0 Å². The fourth-order valence-electron chi connectivity index (χ4n) is 5.50. The van der Waals surface area contributed by atoms with Crippen molar-refractivity contribution < 1.29 is 29.5 Å². The molecule has 0 spiro atoms. The van der Waals surface area contributed by atoms with Crippen molar-refractivity contribution in [2.45, 2.75) is 18.9 Å². The van der Waals surface area contributed by atoms with Gasteiger partial charge in [-0.3, -0.25) is 14.5 Å². The summed E-state index contributed by atoms with van der Waals surface area (Å²) in [6.07, 6.45) is 0.139. The first-order chi connectivity index (χ1) is 14.4. The molecule has 2 fully saturated rings. The molecule has 8 heteroatoms. The van der Waals surface area contributed by atoms with E-state index in [0.29, 0.717) is 22.9 Å². The second kappa shape index (κ2) is 6.94. The molecule has 2 saturated heterocycles. The molecule has 2 aromatic rings. The van der Waals surface area contributed by atoms with Gasteiger partial charge >= 0.3 is 7.12 Å². The quantitative estimate of drug-likeness (QED) is 0.516. The van der Waals surface area contributed by atoms with Gasteiger partial charge < -0.3 is 19.9 Å². The number of nitrogens with zero attached hydrogens (tertiary/aromatic N) is 1. The number of aromatic hydroxyl groups is 1. The Morgan fingerprint density at radius 3 is 2.57 bits per heavy atom. The van der Waals surface area contributed by atoms with Gasteiger partial charge in [-0.05, 0) is 46.8 Å². The van der Waals surface area contributed by atoms with Crippen LogP contribution in [-0.2, 0) is 14.2 Å². The number of phenols is 1. The first-order valence-corrected chi connectivity index (χ1v) is 10.1. The molecular weight excluding hydrogens is 385 g/mol. The fourth-order valence-corrected chi connectivity index (χ4v) is 5.50. The normalized spacial score (nSPS) is 28.9. The van der Waals surface area contributed by atoms with Crippen molar-refractivity contribution in [1.29, 1.82) is 0 Å². The summed E-state index contributed by atoms with van der Waals surface area (Å²) < 4.78 is 5.95. The molecule has 2 aliphatic heterocycles. The molecule has 2 aromatic carbocycles. The number of imide groups is 1. The van der Waals surface area contributed by atoms with Crippen LogP contribution in [0.25, 0.3) is 10.8 Å². The standard InChI is InChI=1S/C22H22BNO6/c1-24-21(27)16-8-11(10-25)20-15(19(16)22(24)28)9-18(30-23(20)29)14-6-7-17(26)13-5-3-2-4-12(13)14/h2-7,15-16,18-19,25-26,29H,8-10H2,1H3/t15-,16-,18-,19+/m0/s1. The minimum absolute atomic E-state index is 0.157. The number of phenolic OH excluding ortho intramolecular Hbond substituents is 1. The molecule has 154 valence electrons. The summed E-state index contributed by atoms with van der Waals surface area (Å²) in [5.41, 5.74) is 1.92. The van der Waals surface area contributed by atoms with Crippen LogP contribution in [0.3, 0.4) is 0 Å². The number of rotatable bonds is 2. The molecule has 0 radical (unpaired) electrons. The van der Waals surface area contributed by atoms with Crippen LogP contribution in [0.5, 0.6) is 5.75 Å². The molecule has 0 aromatic heterocycles. The number of allylic oxidation sites excluding steroid dienone is 1. The van der Waals surface area contributed by atoms with E-state index < -0.39 is 31.0 Å². The molecule has 7 nitrogen and oxygen atoms in total. The van der Waals surface area contributed by atoms with Gasteiger partial charge in [0.1, 0.15) is 5.75 Å². The molecule has 2 amide bonds. The van der Waals surface area contributed by atoms with Crippen molar-refractivity contribution in [3.8, 4) is 5.75 Å². The average Bonchev–Trinajstić information content (AvgIpc) is 2.97. The molecule has 0 saturated carbocycles. The molecular formula is C22H22BNO6. The lowest BCUT2D eigenvalue weighted by atomic mass is 9.55. The highest BCUT2D eigenvalue weighted by molar-refractivity contribution is 6.53. The van der Waals surface area contributed by atoms with Crippen LogP contribution >= 0.6 is 0 Å². The number of amides is 2. The largest absolute Gasteiger partial charge is 0.507 e. The van der Waals surface area contributed by atoms with Crippen LogP contribution in [0.2, 0.25) is 0 Å². The van der Waals surface area contributed by atoms with E-state index >= 15 is 0 Å². The molecule has 0 unspecified atom stereocenters. The number of hydrogen-bond acceptors (Lipinski definition) is 6. The average molecular weight is 407 g/mol. The lowest BCUT2D eigenvalue weighted by Gasteiger charge is -2.42. The van der Waals surface area contributed by atoms with Gasteiger partial charge in [-0.25, -0.2) is 0 Å². The number of benzene rings is 2. The lowest BCUT2D eigenvalue weighted by molar-refractivity contribution is -0.138. The highest BCUT2D eigenvalue weighted by Crippen LogP contribution is 2.51. The second-order valence-corrected chi connectivity index (χ2v) is 8.33. The Hall–Kier alpha value is -2.68. The van der Waals surface area contributed by atoms with Gasteiger partial charge in [-0.2, -0.15) is 0 Å². The third-order valence-electron chi connectivity index (χ3n) is 6.90. The molecule has 0 bridgehead atoms. The molecule has 1 aliphatic carbocycles. The lowest BCUT2D eigenvalue weighted by Crippen LogP contribution is -2.45. The van der Waals surface area contributed by atoms with Crippen molar-refractivity contribution >= 4 is 29.7 Å². The Morgan fingerprint density at radius 1 is 1.10 bits per heavy atom. The zero-order valence-corrected chi connectivity index (χ0v) is 16.5. The monoisotopic (exact) mass is 407 g/mol. The van der Waals surface area contributed by atoms with E-state index in [9.17, 15) is 24.8 Å². The predicted octanol–water partition coefficient (Wildman–Crippen LogP) is 1.57. The molecule has 4 atom stereocenters. The van der Waals surface area contributed by atoms with E-state index in [4.69, 9.17) is 4.65 Å². The maximum Gasteiger partial charge on any atom is 0.487 e. The summed E-state index contributed by atoms with van der Waals surface area (Å²) >= 11 is 0. The van der Waals surface area contributed by atoms with Crippen molar-refractivity contribution in [3.63, 3.8) is 0 Å². The van der Waals surface area contributed by atoms with Gasteiger partial charge in [0.25, 0.3) is 0 Å². The van der Waals surface area contributed by atoms with E-state index in [1.807, 2.05) is 24.3 Å². The first kappa shape index (κ1) is 19.3. The first-order valence-electron chi connectivity index (χ1n) is 10.1. The van der Waals surface area contributed by atoms with Crippen LogP contribution in [-0.4, -0.2) is 52.7 Å². The van der Waals surface area contributed by atoms with Crippen molar-refractivity contribution in [2.75, 3.05) is 13.7 Å². The third kappa shape index (κ3) is 2.64. The summed E-state index contributed by atoms with van der Waals surface area (Å²) in [5.74, 6) is -1.79. The van der Waals surface area contributed by atoms with Gasteiger partial charge in [-0.15, -0.1) is 0 Å². The van der Waals surface area contributed by atoms with E-state index in [1.54, 1.807) is 12.1 Å². The smallest absolute Gasteiger partial charge is 0.487 e. The number of carbonyl (C=O) groups excluding carboxylic acids is 2. The topological polar surface area (TPSA) is 107 Å². The number of carbonyl (C=O) groups is 2. The Bertz CT molecular complexity index is 1100. The number of aliphatic hydroxyl groups excluding tert-OH is 1. The van der Waals surface area contributed by atoms with Crippen LogP contribution in [0.1, 0.15) is 24.5 Å². The predicted molar refractivity (Wildman–Crippen MR) is 109 cm³/mol. The van der Waals surface area contributed by atoms with E-state index in [0.717, 1.165) is 10.9 Å². The maximum atomic E-state index is 12.9. The third-order valence-corrected chi connectivity index (χ3v) is 6.90. The molecule has 30 heavy (non-hydrogen) atoms. The second-order valence-electron chi connectivity index (χ2n) is 8.33. The summed E-state index contributed by atoms with van der Waals surface area (Å²) in [4.78, 5) is 26.6. The summed E-state index contributed by atoms with van der Waals surface area (Å²) in [5, 5.41) is 32.4. The molecule has 3 N–H and O–H groups in total. The van der Waals surface area contributed by atoms with Crippen LogP contribution < -0.4 is 0 Å². The van der Waals surface area contributed by atoms with Crippen LogP contribution in [0, 0.1) is 17.8 Å². The van der Waals surface area contributed by atoms with Gasteiger partial charge in [0, 0.05) is 12.4 Å². The van der Waals surface area contributed by atoms with Crippen LogP contribution in [0.15, 0.2) is 47.4 Å². The van der Waals surface area contributed by atoms with Crippen molar-refractivity contribution in [2.24, 2.45) is 17.8 Å². The fraction of sp³-hybridized carbons (Fsp3) is 0.364. The number of hydrogen-bond donors (Lipinski definition) is 3. The van der Waals surface area contributed by atoms with Crippen molar-refractivity contribution in [3.05, 3.63) is 53.0 Å². The van der Waals surface area contributed by atoms with E-state index in [-0.39, 0.29) is 30.6 Å². The zero-order valence-electron chi connectivity index (χ0n) is 16.5. The number of aliphatic hydroxyl groups is 1. The Balaban J connectivity index is 1.60. The van der Waals surface area contributed by atoms with Gasteiger partial charge in [0.15, 0.2) is 0 Å². The summed E-state index contributed by atoms with van der Waals surface area (Å²) in [7, 11) is 0.223. The Labute approximate surface area is 173 Å². The maximum absolute atomic E-state index is 12.9. The minimum atomic E-state index is -1.27. The van der Waals surface area contributed by atoms with Gasteiger partial charge in [-0.1, -0.05) is 30.3 Å². The van der Waals surface area contributed by atoms with Crippen molar-refractivity contribution in [1.82, 2.24) is 4.90 Å². The van der Waals surface area contributed by atoms with E-state index in [1.165, 1.54) is 11.9 Å². The highest BCUT2D eigenvalue weighted by atomic mass is 16.5. The summed E-state index contributed by atoms with van der Waals surface area (Å²) in [6, 6.07) is 10.8. The molecule has 5 rings (SSSR count). The number of likely N-dealkylation sites (tertiary alicyclic amines) is 1. The molecule has 2 heterocycles. The SMILES string of the molecule is CN1C(=O)[C@H]2[C@H](CC(CO)=C3B(O)O[C@H](c4ccc(O)c5ccccc45)C[C@H]32)C1=O. The Kier molecular flexibility index (Phi) is 4.46. The Morgan fingerprint density at radius 2 is 1.83 bits per heavy atom. The van der Waals surface area contributed by atoms with Gasteiger partial charge in [0.2, 0.25) is 11.8 Å². The minimum Gasteiger partial charge on any atom is -0.507 e. The number of fused-ring (bicyclic) bond motifs is 4. The van der Waals surface area contributed by atoms with Gasteiger partial charge in [0.05, 0.1) is 24.5 Å².